The zero-order valence-electron chi connectivity index (χ0n) is 9.22. The van der Waals surface area contributed by atoms with Crippen molar-refractivity contribution < 1.29 is 9.90 Å². The zero-order chi connectivity index (χ0) is 13.0. The number of aromatic hydroxyl groups is 1. The molecule has 0 fully saturated rings. The van der Waals surface area contributed by atoms with Crippen LogP contribution in [0.3, 0.4) is 0 Å². The quantitative estimate of drug-likeness (QED) is 0.586. The van der Waals surface area contributed by atoms with Gasteiger partial charge < -0.3 is 10.1 Å². The lowest BCUT2D eigenvalue weighted by atomic mass is 10.2. The predicted octanol–water partition coefficient (Wildman–Crippen LogP) is 2.14. The molecule has 1 aromatic heterocycles. The van der Waals surface area contributed by atoms with E-state index in [2.05, 4.69) is 15.5 Å². The highest BCUT2D eigenvalue weighted by Crippen LogP contribution is 2.12. The lowest BCUT2D eigenvalue weighted by Gasteiger charge is -1.98. The summed E-state index contributed by atoms with van der Waals surface area (Å²) >= 11 is 5.67. The van der Waals surface area contributed by atoms with Gasteiger partial charge in [-0.25, -0.2) is 5.43 Å². The number of nitrogens with one attached hydrogen (secondary N) is 2. The summed E-state index contributed by atoms with van der Waals surface area (Å²) in [5.74, 6) is -0.313. The van der Waals surface area contributed by atoms with Crippen LogP contribution in [-0.2, 0) is 0 Å². The normalized spacial score (nSPS) is 10.7. The molecule has 0 bridgehead atoms. The summed E-state index contributed by atoms with van der Waals surface area (Å²) in [6.45, 7) is 0. The highest BCUT2D eigenvalue weighted by molar-refractivity contribution is 6.30. The van der Waals surface area contributed by atoms with Crippen LogP contribution < -0.4 is 5.43 Å². The minimum absolute atomic E-state index is 0.0958. The largest absolute Gasteiger partial charge is 0.507 e. The number of halogens is 1. The number of hydrazone groups is 1. The fourth-order valence-electron chi connectivity index (χ4n) is 1.32. The van der Waals surface area contributed by atoms with E-state index in [0.29, 0.717) is 16.3 Å². The van der Waals surface area contributed by atoms with Crippen molar-refractivity contribution >= 4 is 23.7 Å². The molecule has 2 aromatic rings. The van der Waals surface area contributed by atoms with Crippen LogP contribution in [0, 0.1) is 0 Å². The minimum Gasteiger partial charge on any atom is -0.507 e. The van der Waals surface area contributed by atoms with E-state index in [9.17, 15) is 9.90 Å². The van der Waals surface area contributed by atoms with Gasteiger partial charge in [0.05, 0.1) is 11.2 Å². The monoisotopic (exact) mass is 263 g/mol. The van der Waals surface area contributed by atoms with Crippen LogP contribution in [0.2, 0.25) is 5.02 Å². The molecule has 1 aromatic carbocycles. The number of aromatic nitrogens is 1. The molecule has 0 spiro atoms. The van der Waals surface area contributed by atoms with E-state index in [4.69, 9.17) is 11.6 Å². The third-order valence-corrected chi connectivity index (χ3v) is 2.42. The van der Waals surface area contributed by atoms with Crippen LogP contribution in [0.1, 0.15) is 16.1 Å². The number of carbonyl (C=O) groups is 1. The third kappa shape index (κ3) is 2.89. The SMILES string of the molecule is O=C(N/N=C/c1ccccc1O)c1cc(Cl)c[nH]1. The summed E-state index contributed by atoms with van der Waals surface area (Å²) in [6.07, 6.45) is 2.86. The number of para-hydroxylation sites is 1. The third-order valence-electron chi connectivity index (χ3n) is 2.20. The molecule has 3 N–H and O–H groups in total. The fraction of sp³-hybridized carbons (Fsp3) is 0. The molecule has 0 unspecified atom stereocenters. The molecule has 0 radical (unpaired) electrons. The number of H-pyrrole nitrogens is 1. The van der Waals surface area contributed by atoms with Gasteiger partial charge in [-0.05, 0) is 18.2 Å². The van der Waals surface area contributed by atoms with Crippen LogP contribution in [0.15, 0.2) is 41.6 Å². The molecule has 0 saturated heterocycles. The van der Waals surface area contributed by atoms with E-state index in [-0.39, 0.29) is 5.75 Å². The van der Waals surface area contributed by atoms with Gasteiger partial charge in [0.2, 0.25) is 0 Å². The average molecular weight is 264 g/mol. The average Bonchev–Trinajstić information content (AvgIpc) is 2.78. The molecule has 92 valence electrons. The van der Waals surface area contributed by atoms with Gasteiger partial charge >= 0.3 is 0 Å². The van der Waals surface area contributed by atoms with E-state index >= 15 is 0 Å². The lowest BCUT2D eigenvalue weighted by Crippen LogP contribution is -2.17. The summed E-state index contributed by atoms with van der Waals surface area (Å²) in [4.78, 5) is 14.3. The Morgan fingerprint density at radius 2 is 2.22 bits per heavy atom. The van der Waals surface area contributed by atoms with Gasteiger partial charge in [0, 0.05) is 11.8 Å². The smallest absolute Gasteiger partial charge is 0.287 e. The Morgan fingerprint density at radius 1 is 1.44 bits per heavy atom. The first-order chi connectivity index (χ1) is 8.66. The summed E-state index contributed by atoms with van der Waals surface area (Å²) < 4.78 is 0. The Kier molecular flexibility index (Phi) is 3.64. The topological polar surface area (TPSA) is 77.5 Å². The molecular formula is C12H10ClN3O2. The van der Waals surface area contributed by atoms with Crippen molar-refractivity contribution in [2.45, 2.75) is 0 Å². The van der Waals surface area contributed by atoms with E-state index < -0.39 is 5.91 Å². The first-order valence-corrected chi connectivity index (χ1v) is 5.50. The van der Waals surface area contributed by atoms with Crippen molar-refractivity contribution in [2.24, 2.45) is 5.10 Å². The second-order valence-electron chi connectivity index (χ2n) is 3.49. The minimum atomic E-state index is -0.409. The summed E-state index contributed by atoms with van der Waals surface area (Å²) in [5.41, 5.74) is 3.15. The molecule has 2 rings (SSSR count). The summed E-state index contributed by atoms with van der Waals surface area (Å²) in [6, 6.07) is 8.16. The highest BCUT2D eigenvalue weighted by atomic mass is 35.5. The van der Waals surface area contributed by atoms with Gasteiger partial charge in [-0.1, -0.05) is 23.7 Å². The molecule has 0 aliphatic heterocycles. The van der Waals surface area contributed by atoms with Gasteiger partial charge in [-0.15, -0.1) is 0 Å². The second-order valence-corrected chi connectivity index (χ2v) is 3.93. The second kappa shape index (κ2) is 5.37. The molecule has 0 aliphatic rings. The highest BCUT2D eigenvalue weighted by Gasteiger charge is 2.06. The van der Waals surface area contributed by atoms with Crippen LogP contribution in [0.5, 0.6) is 5.75 Å². The molecular weight excluding hydrogens is 254 g/mol. The number of nitrogens with zero attached hydrogens (tertiary/aromatic N) is 1. The molecule has 18 heavy (non-hydrogen) atoms. The van der Waals surface area contributed by atoms with E-state index in [0.717, 1.165) is 0 Å². The van der Waals surface area contributed by atoms with Crippen molar-refractivity contribution in [2.75, 3.05) is 0 Å². The molecule has 6 heteroatoms. The number of phenols is 1. The van der Waals surface area contributed by atoms with Gasteiger partial charge in [0.1, 0.15) is 11.4 Å². The molecule has 0 atom stereocenters. The zero-order valence-corrected chi connectivity index (χ0v) is 9.98. The van der Waals surface area contributed by atoms with Gasteiger partial charge in [0.15, 0.2) is 0 Å². The van der Waals surface area contributed by atoms with Gasteiger partial charge in [-0.2, -0.15) is 5.10 Å². The van der Waals surface area contributed by atoms with E-state index in [1.165, 1.54) is 24.5 Å². The number of rotatable bonds is 3. The fourth-order valence-corrected chi connectivity index (χ4v) is 1.48. The van der Waals surface area contributed by atoms with Crippen LogP contribution in [-0.4, -0.2) is 22.2 Å². The lowest BCUT2D eigenvalue weighted by molar-refractivity contribution is 0.0951. The number of hydrogen-bond acceptors (Lipinski definition) is 3. The standard InChI is InChI=1S/C12H10ClN3O2/c13-9-5-10(14-7-9)12(18)16-15-6-8-3-1-2-4-11(8)17/h1-7,14,17H,(H,16,18)/b15-6+. The van der Waals surface area contributed by atoms with Crippen molar-refractivity contribution in [3.63, 3.8) is 0 Å². The Bertz CT molecular complexity index is 593. The van der Waals surface area contributed by atoms with Crippen LogP contribution in [0.25, 0.3) is 0 Å². The maximum atomic E-state index is 11.6. The first kappa shape index (κ1) is 12.2. The van der Waals surface area contributed by atoms with Crippen LogP contribution in [0.4, 0.5) is 0 Å². The van der Waals surface area contributed by atoms with Crippen molar-refractivity contribution in [1.82, 2.24) is 10.4 Å². The van der Waals surface area contributed by atoms with E-state index in [1.807, 2.05) is 0 Å². The Hall–Kier alpha value is -2.27. The number of aromatic amines is 1. The van der Waals surface area contributed by atoms with Gasteiger partial charge in [0.25, 0.3) is 5.91 Å². The first-order valence-electron chi connectivity index (χ1n) is 5.12. The number of hydrogen-bond donors (Lipinski definition) is 3. The molecule has 1 amide bonds. The summed E-state index contributed by atoms with van der Waals surface area (Å²) in [7, 11) is 0. The molecule has 5 nitrogen and oxygen atoms in total. The Balaban J connectivity index is 2.00. The maximum Gasteiger partial charge on any atom is 0.287 e. The Morgan fingerprint density at radius 3 is 2.89 bits per heavy atom. The van der Waals surface area contributed by atoms with Crippen molar-refractivity contribution in [3.05, 3.63) is 52.8 Å². The molecule has 0 saturated carbocycles. The maximum absolute atomic E-state index is 11.6. The number of carbonyl (C=O) groups excluding carboxylic acids is 1. The van der Waals surface area contributed by atoms with Gasteiger partial charge in [-0.3, -0.25) is 4.79 Å². The summed E-state index contributed by atoms with van der Waals surface area (Å²) in [5, 5.41) is 13.7. The molecule has 1 heterocycles. The Labute approximate surface area is 108 Å². The number of phenolic OH excluding ortho intramolecular Hbond substituents is 1. The molecule has 0 aliphatic carbocycles. The number of amides is 1. The van der Waals surface area contributed by atoms with Crippen molar-refractivity contribution in [1.29, 1.82) is 0 Å². The number of benzene rings is 1. The predicted molar refractivity (Wildman–Crippen MR) is 69.0 cm³/mol. The van der Waals surface area contributed by atoms with E-state index in [1.54, 1.807) is 18.2 Å². The van der Waals surface area contributed by atoms with Crippen LogP contribution >= 0.6 is 11.6 Å². The van der Waals surface area contributed by atoms with Crippen molar-refractivity contribution in [3.8, 4) is 5.75 Å².